The van der Waals surface area contributed by atoms with E-state index in [1.165, 1.54) is 5.56 Å². The Morgan fingerprint density at radius 3 is 1.92 bits per heavy atom. The van der Waals surface area contributed by atoms with Crippen molar-refractivity contribution in [3.8, 4) is 22.7 Å². The number of benzene rings is 5. The molecule has 50 heavy (non-hydrogen) atoms. The highest BCUT2D eigenvalue weighted by Gasteiger charge is 2.42. The maximum atomic E-state index is 6.74. The number of fused-ring (bicyclic) bond motifs is 1. The van der Waals surface area contributed by atoms with Crippen LogP contribution in [0.15, 0.2) is 142 Å². The molecule has 8 aromatic rings. The van der Waals surface area contributed by atoms with Crippen LogP contribution in [0.5, 0.6) is 0 Å². The third kappa shape index (κ3) is 5.27. The van der Waals surface area contributed by atoms with E-state index in [1.807, 2.05) is 41.9 Å². The minimum atomic E-state index is -0.880. The zero-order valence-corrected chi connectivity index (χ0v) is 29.7. The average Bonchev–Trinajstić information content (AvgIpc) is 3.87. The summed E-state index contributed by atoms with van der Waals surface area (Å²) in [6, 6.07) is 43.9. The molecule has 8 heteroatoms. The van der Waals surface area contributed by atoms with Crippen molar-refractivity contribution in [2.24, 2.45) is 0 Å². The van der Waals surface area contributed by atoms with Gasteiger partial charge in [-0.05, 0) is 74.1 Å². The van der Waals surface area contributed by atoms with Crippen molar-refractivity contribution in [1.29, 1.82) is 0 Å². The first kappa shape index (κ1) is 31.7. The minimum Gasteiger partial charge on any atom is -0.455 e. The lowest BCUT2D eigenvalue weighted by atomic mass is 9.77. The monoisotopic (exact) mass is 718 g/mol. The van der Waals surface area contributed by atoms with Crippen LogP contribution >= 0.6 is 15.9 Å². The highest BCUT2D eigenvalue weighted by molar-refractivity contribution is 9.10. The molecule has 0 atom stereocenters. The van der Waals surface area contributed by atoms with E-state index in [2.05, 4.69) is 143 Å². The summed E-state index contributed by atoms with van der Waals surface area (Å²) in [6.07, 6.45) is 3.00. The van der Waals surface area contributed by atoms with Crippen LogP contribution in [-0.2, 0) is 18.5 Å². The molecule has 0 unspecified atom stereocenters. The SMILES string of the molecule is CCc1nc(C)cn1Cc1cc(C)c2oc(-c3ccccc3-c3nnnn3C(c3ccccc3)(c3ccccc3)c3ccccc3)c(Br)c2c1. The van der Waals surface area contributed by atoms with Gasteiger partial charge in [-0.15, -0.1) is 5.10 Å². The van der Waals surface area contributed by atoms with Crippen LogP contribution in [0, 0.1) is 13.8 Å². The molecule has 0 spiro atoms. The van der Waals surface area contributed by atoms with Crippen LogP contribution in [0.1, 0.15) is 46.3 Å². The van der Waals surface area contributed by atoms with Gasteiger partial charge in [-0.2, -0.15) is 0 Å². The lowest BCUT2D eigenvalue weighted by Crippen LogP contribution is -2.39. The molecule has 3 aromatic heterocycles. The molecule has 246 valence electrons. The highest BCUT2D eigenvalue weighted by atomic mass is 79.9. The third-order valence-corrected chi connectivity index (χ3v) is 10.2. The second-order valence-electron chi connectivity index (χ2n) is 12.6. The molecule has 0 aliphatic carbocycles. The molecule has 0 aliphatic rings. The summed E-state index contributed by atoms with van der Waals surface area (Å²) in [6.45, 7) is 7.02. The zero-order chi connectivity index (χ0) is 34.2. The minimum absolute atomic E-state index is 0.615. The smallest absolute Gasteiger partial charge is 0.184 e. The van der Waals surface area contributed by atoms with Crippen LogP contribution in [0.3, 0.4) is 0 Å². The number of nitrogens with zero attached hydrogens (tertiary/aromatic N) is 6. The highest BCUT2D eigenvalue weighted by Crippen LogP contribution is 2.46. The lowest BCUT2D eigenvalue weighted by Gasteiger charge is -2.36. The number of hydrogen-bond donors (Lipinski definition) is 0. The number of hydrogen-bond acceptors (Lipinski definition) is 5. The summed E-state index contributed by atoms with van der Waals surface area (Å²) in [5, 5.41) is 14.9. The number of tetrazole rings is 1. The molecular weight excluding hydrogens is 684 g/mol. The molecule has 5 aromatic carbocycles. The normalized spacial score (nSPS) is 11.8. The summed E-state index contributed by atoms with van der Waals surface area (Å²) >= 11 is 3.97. The van der Waals surface area contributed by atoms with Crippen LogP contribution in [-0.4, -0.2) is 29.8 Å². The van der Waals surface area contributed by atoms with Crippen molar-refractivity contribution >= 4 is 26.9 Å². The molecule has 0 fully saturated rings. The van der Waals surface area contributed by atoms with Gasteiger partial charge in [0.15, 0.2) is 5.82 Å². The number of halogens is 1. The molecule has 3 heterocycles. The van der Waals surface area contributed by atoms with E-state index in [9.17, 15) is 0 Å². The van der Waals surface area contributed by atoms with Gasteiger partial charge < -0.3 is 8.98 Å². The Morgan fingerprint density at radius 2 is 1.32 bits per heavy atom. The molecule has 0 amide bonds. The first-order valence-corrected chi connectivity index (χ1v) is 17.6. The molecule has 7 nitrogen and oxygen atoms in total. The molecule has 0 radical (unpaired) electrons. The Morgan fingerprint density at radius 1 is 0.740 bits per heavy atom. The van der Waals surface area contributed by atoms with Crippen molar-refractivity contribution in [3.05, 3.63) is 177 Å². The van der Waals surface area contributed by atoms with E-state index in [-0.39, 0.29) is 0 Å². The van der Waals surface area contributed by atoms with E-state index in [1.54, 1.807) is 0 Å². The molecule has 0 saturated heterocycles. The first-order valence-electron chi connectivity index (χ1n) is 16.8. The Labute approximate surface area is 299 Å². The third-order valence-electron chi connectivity index (χ3n) is 9.40. The molecule has 0 aliphatic heterocycles. The van der Waals surface area contributed by atoms with Crippen molar-refractivity contribution in [3.63, 3.8) is 0 Å². The predicted octanol–water partition coefficient (Wildman–Crippen LogP) is 9.78. The van der Waals surface area contributed by atoms with Crippen LogP contribution in [0.2, 0.25) is 0 Å². The Balaban J connectivity index is 1.32. The number of furan rings is 1. The fourth-order valence-electron chi connectivity index (χ4n) is 7.26. The van der Waals surface area contributed by atoms with Gasteiger partial charge in [0.2, 0.25) is 0 Å². The lowest BCUT2D eigenvalue weighted by molar-refractivity contribution is 0.451. The summed E-state index contributed by atoms with van der Waals surface area (Å²) in [7, 11) is 0. The van der Waals surface area contributed by atoms with Crippen LogP contribution in [0.4, 0.5) is 0 Å². The van der Waals surface area contributed by atoms with Gasteiger partial charge in [-0.25, -0.2) is 9.67 Å². The van der Waals surface area contributed by atoms with Gasteiger partial charge in [0.25, 0.3) is 0 Å². The molecule has 0 saturated carbocycles. The van der Waals surface area contributed by atoms with Crippen LogP contribution in [0.25, 0.3) is 33.7 Å². The maximum absolute atomic E-state index is 6.74. The fraction of sp³-hybridized carbons (Fsp3) is 0.143. The average molecular weight is 720 g/mol. The molecule has 0 bridgehead atoms. The van der Waals surface area contributed by atoms with Crippen LogP contribution < -0.4 is 0 Å². The second kappa shape index (κ2) is 13.0. The number of aromatic nitrogens is 6. The summed E-state index contributed by atoms with van der Waals surface area (Å²) < 4.78 is 11.8. The van der Waals surface area contributed by atoms with E-state index < -0.39 is 5.54 Å². The first-order chi connectivity index (χ1) is 24.5. The maximum Gasteiger partial charge on any atom is 0.184 e. The van der Waals surface area contributed by atoms with Crippen molar-refractivity contribution in [2.75, 3.05) is 0 Å². The van der Waals surface area contributed by atoms with Crippen molar-refractivity contribution in [2.45, 2.75) is 39.3 Å². The number of rotatable bonds is 9. The molecular formula is C42H35BrN6O. The summed E-state index contributed by atoms with van der Waals surface area (Å²) in [5.41, 5.74) is 8.09. The topological polar surface area (TPSA) is 74.6 Å². The summed E-state index contributed by atoms with van der Waals surface area (Å²) in [4.78, 5) is 4.70. The molecule has 0 N–H and O–H groups in total. The quantitative estimate of drug-likeness (QED) is 0.139. The van der Waals surface area contributed by atoms with Gasteiger partial charge in [0.1, 0.15) is 22.7 Å². The van der Waals surface area contributed by atoms with Gasteiger partial charge in [0.05, 0.1) is 10.2 Å². The Hall–Kier alpha value is -5.60. The van der Waals surface area contributed by atoms with Gasteiger partial charge in [0, 0.05) is 35.7 Å². The summed E-state index contributed by atoms with van der Waals surface area (Å²) in [5.74, 6) is 2.42. The fourth-order valence-corrected chi connectivity index (χ4v) is 7.84. The molecule has 8 rings (SSSR count). The number of imidazole rings is 1. The predicted molar refractivity (Wildman–Crippen MR) is 201 cm³/mol. The Kier molecular flexibility index (Phi) is 8.25. The van der Waals surface area contributed by atoms with E-state index in [0.29, 0.717) is 5.82 Å². The van der Waals surface area contributed by atoms with E-state index in [4.69, 9.17) is 19.7 Å². The van der Waals surface area contributed by atoms with Crippen molar-refractivity contribution in [1.82, 2.24) is 29.8 Å². The number of aryl methyl sites for hydroxylation is 3. The van der Waals surface area contributed by atoms with E-state index in [0.717, 1.165) is 79.1 Å². The van der Waals surface area contributed by atoms with Crippen molar-refractivity contribution < 1.29 is 4.42 Å². The second-order valence-corrected chi connectivity index (χ2v) is 13.4. The Bertz CT molecular complexity index is 2330. The zero-order valence-electron chi connectivity index (χ0n) is 28.1. The van der Waals surface area contributed by atoms with Gasteiger partial charge in [-0.1, -0.05) is 128 Å². The standard InChI is InChI=1S/C42H35BrN6O/c1-4-37-44-29(3)26-48(37)27-30-24-28(2)39-36(25-30)38(43)40(50-39)34-22-14-15-23-35(34)41-45-46-47-49(41)42(31-16-8-5-9-17-31,32-18-10-6-11-19-32)33-20-12-7-13-21-33/h5-26H,4,27H2,1-3H3. The van der Waals surface area contributed by atoms with Gasteiger partial charge >= 0.3 is 0 Å². The largest absolute Gasteiger partial charge is 0.455 e. The van der Waals surface area contributed by atoms with Gasteiger partial charge in [-0.3, -0.25) is 0 Å². The van der Waals surface area contributed by atoms with E-state index >= 15 is 0 Å².